The Balaban J connectivity index is 1.81. The molecule has 2 aromatic heterocycles. The zero-order chi connectivity index (χ0) is 20.5. The number of nitrogens with zero attached hydrogens (tertiary/aromatic N) is 1. The van der Waals surface area contributed by atoms with E-state index in [9.17, 15) is 19.5 Å². The van der Waals surface area contributed by atoms with E-state index in [1.165, 1.54) is 17.6 Å². The van der Waals surface area contributed by atoms with Crippen LogP contribution in [0.1, 0.15) is 50.3 Å². The molecule has 0 spiro atoms. The van der Waals surface area contributed by atoms with Crippen LogP contribution in [0.15, 0.2) is 38.8 Å². The standard InChI is InChI=1S/C21H19N3O4S/c1-11-6-8-12(9-7-11)17(25)16-13-4-2-3-5-15(13)29-20(16)22-10-14-18(26)23-21(28)24-19(14)27/h6-10H,2-5H2,1H3,(H3,23,24,26,27,28). The van der Waals surface area contributed by atoms with E-state index in [0.717, 1.165) is 41.7 Å². The highest BCUT2D eigenvalue weighted by Gasteiger charge is 2.26. The number of hydrogen-bond acceptors (Lipinski definition) is 6. The molecule has 0 saturated heterocycles. The molecule has 4 rings (SSSR count). The fraction of sp³-hybridized carbons (Fsp3) is 0.238. The van der Waals surface area contributed by atoms with Gasteiger partial charge in [-0.1, -0.05) is 29.8 Å². The Hall–Kier alpha value is -3.26. The maximum Gasteiger partial charge on any atom is 0.328 e. The van der Waals surface area contributed by atoms with Crippen LogP contribution in [0.5, 0.6) is 5.88 Å². The molecule has 29 heavy (non-hydrogen) atoms. The number of aromatic hydroxyl groups is 1. The third-order valence-electron chi connectivity index (χ3n) is 4.96. The van der Waals surface area contributed by atoms with Crippen molar-refractivity contribution in [2.24, 2.45) is 4.99 Å². The van der Waals surface area contributed by atoms with Gasteiger partial charge in [-0.05, 0) is 38.2 Å². The number of aryl methyl sites for hydroxylation is 2. The monoisotopic (exact) mass is 409 g/mol. The number of ketones is 1. The molecule has 0 radical (unpaired) electrons. The molecule has 8 heteroatoms. The second kappa shape index (κ2) is 7.63. The van der Waals surface area contributed by atoms with Crippen molar-refractivity contribution in [1.29, 1.82) is 0 Å². The molecule has 0 amide bonds. The van der Waals surface area contributed by atoms with Gasteiger partial charge >= 0.3 is 5.69 Å². The van der Waals surface area contributed by atoms with E-state index >= 15 is 0 Å². The Kier molecular flexibility index (Phi) is 5.02. The van der Waals surface area contributed by atoms with Gasteiger partial charge < -0.3 is 5.11 Å². The van der Waals surface area contributed by atoms with Crippen LogP contribution in [0.25, 0.3) is 0 Å². The van der Waals surface area contributed by atoms with Crippen molar-refractivity contribution in [2.75, 3.05) is 0 Å². The van der Waals surface area contributed by atoms with Crippen molar-refractivity contribution in [2.45, 2.75) is 32.6 Å². The summed E-state index contributed by atoms with van der Waals surface area (Å²) in [6, 6.07) is 7.40. The lowest BCUT2D eigenvalue weighted by atomic mass is 9.92. The van der Waals surface area contributed by atoms with E-state index in [1.54, 1.807) is 12.1 Å². The van der Waals surface area contributed by atoms with Crippen LogP contribution in [-0.2, 0) is 12.8 Å². The minimum absolute atomic E-state index is 0.101. The van der Waals surface area contributed by atoms with Crippen molar-refractivity contribution >= 4 is 28.3 Å². The lowest BCUT2D eigenvalue weighted by Crippen LogP contribution is -2.24. The van der Waals surface area contributed by atoms with Crippen LogP contribution in [0, 0.1) is 6.92 Å². The Labute approximate surface area is 169 Å². The molecule has 1 aliphatic rings. The third-order valence-corrected chi connectivity index (χ3v) is 6.16. The smallest absolute Gasteiger partial charge is 0.328 e. The fourth-order valence-corrected chi connectivity index (χ4v) is 4.68. The Bertz CT molecular complexity index is 1230. The second-order valence-corrected chi connectivity index (χ2v) is 8.10. The zero-order valence-corrected chi connectivity index (χ0v) is 16.6. The second-order valence-electron chi connectivity index (χ2n) is 7.01. The van der Waals surface area contributed by atoms with Gasteiger partial charge in [-0.15, -0.1) is 11.3 Å². The number of carbonyl (C=O) groups is 1. The first-order valence-electron chi connectivity index (χ1n) is 9.29. The van der Waals surface area contributed by atoms with Crippen molar-refractivity contribution in [3.05, 3.63) is 77.8 Å². The summed E-state index contributed by atoms with van der Waals surface area (Å²) in [6.07, 6.45) is 4.98. The van der Waals surface area contributed by atoms with Crippen LogP contribution in [0.2, 0.25) is 0 Å². The molecule has 148 valence electrons. The maximum atomic E-state index is 13.3. The highest BCUT2D eigenvalue weighted by atomic mass is 32.1. The van der Waals surface area contributed by atoms with E-state index in [4.69, 9.17) is 0 Å². The SMILES string of the molecule is Cc1ccc(C(=O)c2c(N=Cc3c(O)[nH]c(=O)[nH]c3=O)sc3c2CCCC3)cc1. The molecule has 0 bridgehead atoms. The number of aromatic nitrogens is 2. The highest BCUT2D eigenvalue weighted by Crippen LogP contribution is 2.41. The van der Waals surface area contributed by atoms with Crippen LogP contribution in [0.3, 0.4) is 0 Å². The van der Waals surface area contributed by atoms with Gasteiger partial charge in [0.05, 0.1) is 5.56 Å². The predicted molar refractivity (Wildman–Crippen MR) is 112 cm³/mol. The molecule has 0 saturated carbocycles. The molecular formula is C21H19N3O4S. The molecule has 0 unspecified atom stereocenters. The van der Waals surface area contributed by atoms with Gasteiger partial charge in [0.25, 0.3) is 5.56 Å². The van der Waals surface area contributed by atoms with Crippen molar-refractivity contribution in [1.82, 2.24) is 9.97 Å². The number of aromatic amines is 2. The first kappa shape index (κ1) is 19.1. The molecule has 3 aromatic rings. The van der Waals surface area contributed by atoms with Gasteiger partial charge in [0, 0.05) is 16.7 Å². The number of nitrogens with one attached hydrogen (secondary N) is 2. The van der Waals surface area contributed by atoms with Crippen LogP contribution >= 0.6 is 11.3 Å². The van der Waals surface area contributed by atoms with Crippen molar-refractivity contribution in [3.63, 3.8) is 0 Å². The molecule has 0 aliphatic heterocycles. The molecule has 1 aromatic carbocycles. The fourth-order valence-electron chi connectivity index (χ4n) is 3.45. The largest absolute Gasteiger partial charge is 0.494 e. The number of rotatable bonds is 4. The Morgan fingerprint density at radius 3 is 2.59 bits per heavy atom. The van der Waals surface area contributed by atoms with Gasteiger partial charge in [0.2, 0.25) is 5.88 Å². The molecule has 2 heterocycles. The van der Waals surface area contributed by atoms with Gasteiger partial charge in [-0.3, -0.25) is 19.6 Å². The number of thiophene rings is 1. The number of fused-ring (bicyclic) bond motifs is 1. The van der Waals surface area contributed by atoms with Crippen LogP contribution < -0.4 is 11.2 Å². The number of H-pyrrole nitrogens is 2. The van der Waals surface area contributed by atoms with Gasteiger partial charge in [0.15, 0.2) is 5.78 Å². The number of aliphatic imine (C=N–C) groups is 1. The third kappa shape index (κ3) is 3.71. The van der Waals surface area contributed by atoms with E-state index < -0.39 is 17.1 Å². The average molecular weight is 409 g/mol. The lowest BCUT2D eigenvalue weighted by molar-refractivity contribution is 0.103. The number of benzene rings is 1. The van der Waals surface area contributed by atoms with Gasteiger partial charge in [0.1, 0.15) is 10.6 Å². The first-order chi connectivity index (χ1) is 13.9. The summed E-state index contributed by atoms with van der Waals surface area (Å²) in [7, 11) is 0. The molecule has 1 aliphatic carbocycles. The Morgan fingerprint density at radius 2 is 1.86 bits per heavy atom. The number of hydrogen-bond donors (Lipinski definition) is 3. The summed E-state index contributed by atoms with van der Waals surface area (Å²) in [5.74, 6) is -0.661. The summed E-state index contributed by atoms with van der Waals surface area (Å²) in [5.41, 5.74) is 1.53. The normalized spacial score (nSPS) is 13.6. The predicted octanol–water partition coefficient (Wildman–Crippen LogP) is 3.00. The van der Waals surface area contributed by atoms with E-state index in [2.05, 4.69) is 15.0 Å². The average Bonchev–Trinajstić information content (AvgIpc) is 3.05. The minimum atomic E-state index is -0.800. The van der Waals surface area contributed by atoms with E-state index in [0.29, 0.717) is 16.1 Å². The molecule has 7 nitrogen and oxygen atoms in total. The molecule has 3 N–H and O–H groups in total. The highest BCUT2D eigenvalue weighted by molar-refractivity contribution is 7.16. The summed E-state index contributed by atoms with van der Waals surface area (Å²) >= 11 is 1.44. The van der Waals surface area contributed by atoms with Crippen LogP contribution in [-0.4, -0.2) is 27.1 Å². The number of carbonyl (C=O) groups excluding carboxylic acids is 1. The van der Waals surface area contributed by atoms with Gasteiger partial charge in [-0.2, -0.15) is 0 Å². The minimum Gasteiger partial charge on any atom is -0.494 e. The quantitative estimate of drug-likeness (QED) is 0.454. The van der Waals surface area contributed by atoms with Crippen molar-refractivity contribution in [3.8, 4) is 5.88 Å². The molecule has 0 atom stereocenters. The summed E-state index contributed by atoms with van der Waals surface area (Å²) < 4.78 is 0. The summed E-state index contributed by atoms with van der Waals surface area (Å²) in [4.78, 5) is 46.1. The molecule has 0 fully saturated rings. The topological polar surface area (TPSA) is 115 Å². The summed E-state index contributed by atoms with van der Waals surface area (Å²) in [6.45, 7) is 1.96. The van der Waals surface area contributed by atoms with Gasteiger partial charge in [-0.25, -0.2) is 9.79 Å². The molecular weight excluding hydrogens is 390 g/mol. The van der Waals surface area contributed by atoms with E-state index in [1.807, 2.05) is 19.1 Å². The van der Waals surface area contributed by atoms with Crippen molar-refractivity contribution < 1.29 is 9.90 Å². The summed E-state index contributed by atoms with van der Waals surface area (Å²) in [5, 5.41) is 10.4. The van der Waals surface area contributed by atoms with Crippen LogP contribution in [0.4, 0.5) is 5.00 Å². The Morgan fingerprint density at radius 1 is 1.14 bits per heavy atom. The van der Waals surface area contributed by atoms with E-state index in [-0.39, 0.29) is 11.3 Å². The first-order valence-corrected chi connectivity index (χ1v) is 10.1. The lowest BCUT2D eigenvalue weighted by Gasteiger charge is -2.12. The maximum absolute atomic E-state index is 13.3. The zero-order valence-electron chi connectivity index (χ0n) is 15.7.